The van der Waals surface area contributed by atoms with E-state index in [2.05, 4.69) is 10.3 Å². The SMILES string of the molecule is CC(CNNS(=O)(=O)c1ccccc1)C(=O)O. The summed E-state index contributed by atoms with van der Waals surface area (Å²) < 4.78 is 23.3. The van der Waals surface area contributed by atoms with Gasteiger partial charge in [0.25, 0.3) is 10.0 Å². The Morgan fingerprint density at radius 1 is 1.35 bits per heavy atom. The summed E-state index contributed by atoms with van der Waals surface area (Å²) in [6.45, 7) is 1.49. The molecule has 0 fully saturated rings. The number of hydrogen-bond donors (Lipinski definition) is 3. The first-order valence-corrected chi connectivity index (χ1v) is 6.44. The molecule has 94 valence electrons. The van der Waals surface area contributed by atoms with Crippen molar-refractivity contribution in [1.82, 2.24) is 10.3 Å². The smallest absolute Gasteiger partial charge is 0.307 e. The van der Waals surface area contributed by atoms with Crippen LogP contribution in [0.15, 0.2) is 35.2 Å². The van der Waals surface area contributed by atoms with Crippen molar-refractivity contribution in [2.45, 2.75) is 11.8 Å². The monoisotopic (exact) mass is 258 g/mol. The molecule has 1 aromatic carbocycles. The number of carboxylic acid groups (broad SMARTS) is 1. The molecule has 0 bridgehead atoms. The second kappa shape index (κ2) is 5.76. The van der Waals surface area contributed by atoms with E-state index in [0.29, 0.717) is 0 Å². The quantitative estimate of drug-likeness (QED) is 0.633. The fourth-order valence-corrected chi connectivity index (χ4v) is 1.94. The maximum Gasteiger partial charge on any atom is 0.307 e. The van der Waals surface area contributed by atoms with Gasteiger partial charge in [-0.2, -0.15) is 0 Å². The van der Waals surface area contributed by atoms with Crippen LogP contribution in [0.4, 0.5) is 0 Å². The highest BCUT2D eigenvalue weighted by Gasteiger charge is 2.15. The first kappa shape index (κ1) is 13.6. The third-order valence-corrected chi connectivity index (χ3v) is 3.40. The Morgan fingerprint density at radius 3 is 2.47 bits per heavy atom. The van der Waals surface area contributed by atoms with Crippen molar-refractivity contribution in [2.24, 2.45) is 5.92 Å². The van der Waals surface area contributed by atoms with Crippen molar-refractivity contribution >= 4 is 16.0 Å². The molecule has 0 spiro atoms. The van der Waals surface area contributed by atoms with Gasteiger partial charge in [0, 0.05) is 6.54 Å². The second-order valence-corrected chi connectivity index (χ2v) is 5.22. The van der Waals surface area contributed by atoms with E-state index < -0.39 is 21.9 Å². The van der Waals surface area contributed by atoms with Gasteiger partial charge in [-0.25, -0.2) is 13.8 Å². The Balaban J connectivity index is 2.55. The van der Waals surface area contributed by atoms with Crippen LogP contribution in [0.25, 0.3) is 0 Å². The van der Waals surface area contributed by atoms with Crippen LogP contribution in [0.5, 0.6) is 0 Å². The molecule has 1 atom stereocenters. The van der Waals surface area contributed by atoms with E-state index >= 15 is 0 Å². The predicted molar refractivity (Wildman–Crippen MR) is 61.6 cm³/mol. The van der Waals surface area contributed by atoms with Gasteiger partial charge in [-0.1, -0.05) is 25.1 Å². The number of aliphatic carboxylic acids is 1. The Labute approximate surface area is 99.7 Å². The van der Waals surface area contributed by atoms with Gasteiger partial charge < -0.3 is 5.11 Å². The Morgan fingerprint density at radius 2 is 1.94 bits per heavy atom. The van der Waals surface area contributed by atoms with Crippen molar-refractivity contribution < 1.29 is 18.3 Å². The number of benzene rings is 1. The molecule has 3 N–H and O–H groups in total. The summed E-state index contributed by atoms with van der Waals surface area (Å²) in [6, 6.07) is 7.82. The van der Waals surface area contributed by atoms with Crippen LogP contribution in [0.2, 0.25) is 0 Å². The van der Waals surface area contributed by atoms with Crippen LogP contribution in [0, 0.1) is 5.92 Å². The van der Waals surface area contributed by atoms with E-state index in [1.54, 1.807) is 18.2 Å². The third-order valence-electron chi connectivity index (χ3n) is 2.09. The van der Waals surface area contributed by atoms with Crippen molar-refractivity contribution in [2.75, 3.05) is 6.54 Å². The minimum atomic E-state index is -3.64. The van der Waals surface area contributed by atoms with Gasteiger partial charge in [-0.05, 0) is 12.1 Å². The lowest BCUT2D eigenvalue weighted by molar-refractivity contribution is -0.140. The van der Waals surface area contributed by atoms with E-state index in [1.165, 1.54) is 19.1 Å². The summed E-state index contributed by atoms with van der Waals surface area (Å²) in [7, 11) is -3.64. The molecule has 0 amide bonds. The molecule has 0 aliphatic heterocycles. The number of hydrogen-bond acceptors (Lipinski definition) is 4. The van der Waals surface area contributed by atoms with E-state index in [-0.39, 0.29) is 11.4 Å². The maximum absolute atomic E-state index is 11.7. The van der Waals surface area contributed by atoms with E-state index in [0.717, 1.165) is 0 Å². The molecule has 0 aliphatic rings. The molecule has 17 heavy (non-hydrogen) atoms. The van der Waals surface area contributed by atoms with Crippen LogP contribution in [-0.2, 0) is 14.8 Å². The molecule has 1 aromatic rings. The summed E-state index contributed by atoms with van der Waals surface area (Å²) in [4.78, 5) is 12.7. The molecular weight excluding hydrogens is 244 g/mol. The minimum Gasteiger partial charge on any atom is -0.481 e. The molecule has 0 saturated carbocycles. The zero-order valence-corrected chi connectivity index (χ0v) is 10.1. The Hall–Kier alpha value is -1.44. The molecule has 7 heteroatoms. The van der Waals surface area contributed by atoms with Crippen molar-refractivity contribution in [1.29, 1.82) is 0 Å². The largest absolute Gasteiger partial charge is 0.481 e. The lowest BCUT2D eigenvalue weighted by Gasteiger charge is -2.10. The van der Waals surface area contributed by atoms with Gasteiger partial charge in [-0.3, -0.25) is 4.79 Å². The number of rotatable bonds is 6. The molecular formula is C10H14N2O4S. The first-order valence-electron chi connectivity index (χ1n) is 4.96. The summed E-state index contributed by atoms with van der Waals surface area (Å²) in [5, 5.41) is 8.61. The molecule has 0 radical (unpaired) electrons. The highest BCUT2D eigenvalue weighted by molar-refractivity contribution is 7.89. The number of carbonyl (C=O) groups is 1. The normalized spacial score (nSPS) is 13.2. The van der Waals surface area contributed by atoms with Crippen molar-refractivity contribution in [3.63, 3.8) is 0 Å². The zero-order valence-electron chi connectivity index (χ0n) is 9.25. The molecule has 0 saturated heterocycles. The lowest BCUT2D eigenvalue weighted by Crippen LogP contribution is -2.41. The van der Waals surface area contributed by atoms with Gasteiger partial charge in [-0.15, -0.1) is 4.83 Å². The average Bonchev–Trinajstić information content (AvgIpc) is 2.29. The van der Waals surface area contributed by atoms with Crippen LogP contribution < -0.4 is 10.3 Å². The molecule has 0 heterocycles. The molecule has 0 aliphatic carbocycles. The highest BCUT2D eigenvalue weighted by Crippen LogP contribution is 2.05. The van der Waals surface area contributed by atoms with Gasteiger partial charge >= 0.3 is 5.97 Å². The Bertz CT molecular complexity index is 472. The van der Waals surface area contributed by atoms with Crippen LogP contribution in [0.3, 0.4) is 0 Å². The predicted octanol–water partition coefficient (Wildman–Crippen LogP) is 0.190. The van der Waals surface area contributed by atoms with Crippen LogP contribution in [-0.4, -0.2) is 26.0 Å². The fourth-order valence-electron chi connectivity index (χ4n) is 1.04. The Kier molecular flexibility index (Phi) is 4.62. The number of sulfonamides is 1. The molecule has 0 aromatic heterocycles. The number of hydrazine groups is 1. The molecule has 1 unspecified atom stereocenters. The van der Waals surface area contributed by atoms with Gasteiger partial charge in [0.1, 0.15) is 0 Å². The molecule has 6 nitrogen and oxygen atoms in total. The van der Waals surface area contributed by atoms with Crippen LogP contribution in [0.1, 0.15) is 6.92 Å². The third kappa shape index (κ3) is 4.14. The van der Waals surface area contributed by atoms with Crippen molar-refractivity contribution in [3.8, 4) is 0 Å². The van der Waals surface area contributed by atoms with E-state index in [1.807, 2.05) is 0 Å². The summed E-state index contributed by atoms with van der Waals surface area (Å²) in [5.74, 6) is -1.66. The summed E-state index contributed by atoms with van der Waals surface area (Å²) >= 11 is 0. The molecule has 1 rings (SSSR count). The van der Waals surface area contributed by atoms with Crippen molar-refractivity contribution in [3.05, 3.63) is 30.3 Å². The van der Waals surface area contributed by atoms with Gasteiger partial charge in [0.15, 0.2) is 0 Å². The standard InChI is InChI=1S/C10H14N2O4S/c1-8(10(13)14)7-11-12-17(15,16)9-5-3-2-4-6-9/h2-6,8,11-12H,7H2,1H3,(H,13,14). The number of carboxylic acids is 1. The zero-order chi connectivity index (χ0) is 12.9. The first-order chi connectivity index (χ1) is 7.93. The highest BCUT2D eigenvalue weighted by atomic mass is 32.2. The van der Waals surface area contributed by atoms with Gasteiger partial charge in [0.05, 0.1) is 10.8 Å². The summed E-state index contributed by atoms with van der Waals surface area (Å²) in [5.41, 5.74) is 2.39. The maximum atomic E-state index is 11.7. The average molecular weight is 258 g/mol. The van der Waals surface area contributed by atoms with Crippen LogP contribution >= 0.6 is 0 Å². The minimum absolute atomic E-state index is 0.0153. The van der Waals surface area contributed by atoms with E-state index in [9.17, 15) is 13.2 Å². The number of nitrogens with one attached hydrogen (secondary N) is 2. The summed E-state index contributed by atoms with van der Waals surface area (Å²) in [6.07, 6.45) is 0. The fraction of sp³-hybridized carbons (Fsp3) is 0.300. The topological polar surface area (TPSA) is 95.5 Å². The van der Waals surface area contributed by atoms with Gasteiger partial charge in [0.2, 0.25) is 0 Å². The second-order valence-electron chi connectivity index (χ2n) is 3.54. The lowest BCUT2D eigenvalue weighted by atomic mass is 10.2. The van der Waals surface area contributed by atoms with E-state index in [4.69, 9.17) is 5.11 Å².